The summed E-state index contributed by atoms with van der Waals surface area (Å²) in [6, 6.07) is 13.6. The number of benzene rings is 2. The molecule has 3 aromatic rings. The van der Waals surface area contributed by atoms with Crippen LogP contribution >= 0.6 is 23.4 Å². The Kier molecular flexibility index (Phi) is 7.24. The van der Waals surface area contributed by atoms with E-state index in [0.717, 1.165) is 32.1 Å². The summed E-state index contributed by atoms with van der Waals surface area (Å²) in [4.78, 5) is 30.2. The van der Waals surface area contributed by atoms with Crippen molar-refractivity contribution < 1.29 is 19.4 Å². The first-order chi connectivity index (χ1) is 16.5. The van der Waals surface area contributed by atoms with Crippen molar-refractivity contribution in [1.29, 1.82) is 0 Å². The van der Waals surface area contributed by atoms with Gasteiger partial charge in [-0.2, -0.15) is 0 Å². The number of piperazine rings is 1. The Morgan fingerprint density at radius 1 is 1.06 bits per heavy atom. The minimum absolute atomic E-state index is 0.112. The van der Waals surface area contributed by atoms with Gasteiger partial charge in [0, 0.05) is 57.8 Å². The Labute approximate surface area is 214 Å². The number of aliphatic carboxylic acids is 1. The van der Waals surface area contributed by atoms with Gasteiger partial charge in [0.1, 0.15) is 12.1 Å². The maximum atomic E-state index is 12.5. The molecule has 0 bridgehead atoms. The fraction of sp³-hybridized carbons (Fsp3) is 0.385. The molecule has 1 aliphatic rings. The largest absolute Gasteiger partial charge is 0.480 e. The number of hydrogen-bond acceptors (Lipinski definition) is 5. The van der Waals surface area contributed by atoms with Crippen molar-refractivity contribution in [3.8, 4) is 0 Å². The summed E-state index contributed by atoms with van der Waals surface area (Å²) < 4.78 is 7.39. The number of amides is 1. The number of halogens is 1. The van der Waals surface area contributed by atoms with E-state index in [1.807, 2.05) is 68.7 Å². The third-order valence-corrected chi connectivity index (χ3v) is 7.33. The minimum atomic E-state index is -0.885. The molecule has 1 N–H and O–H groups in total. The predicted octanol–water partition coefficient (Wildman–Crippen LogP) is 5.90. The second-order valence-corrected chi connectivity index (χ2v) is 11.1. The molecular formula is C26H30ClN3O4S. The Balaban J connectivity index is 1.69. The average Bonchev–Trinajstić information content (AvgIpc) is 3.05. The van der Waals surface area contributed by atoms with E-state index in [-0.39, 0.29) is 12.6 Å². The fourth-order valence-corrected chi connectivity index (χ4v) is 5.48. The fourth-order valence-electron chi connectivity index (χ4n) is 4.27. The van der Waals surface area contributed by atoms with Crippen LogP contribution in [0.25, 0.3) is 10.9 Å². The molecule has 0 aliphatic carbocycles. The normalized spacial score (nSPS) is 14.4. The molecule has 1 fully saturated rings. The van der Waals surface area contributed by atoms with Crippen molar-refractivity contribution in [2.24, 2.45) is 0 Å². The molecule has 35 heavy (non-hydrogen) atoms. The van der Waals surface area contributed by atoms with Crippen LogP contribution in [0.3, 0.4) is 0 Å². The highest BCUT2D eigenvalue weighted by Crippen LogP contribution is 2.43. The summed E-state index contributed by atoms with van der Waals surface area (Å²) in [5.74, 6) is -0.885. The van der Waals surface area contributed by atoms with Crippen LogP contribution in [0.2, 0.25) is 5.02 Å². The van der Waals surface area contributed by atoms with Gasteiger partial charge in [-0.25, -0.2) is 4.79 Å². The van der Waals surface area contributed by atoms with Crippen LogP contribution in [0.5, 0.6) is 0 Å². The lowest BCUT2D eigenvalue weighted by molar-refractivity contribution is -0.137. The monoisotopic (exact) mass is 515 g/mol. The zero-order valence-corrected chi connectivity index (χ0v) is 21.9. The van der Waals surface area contributed by atoms with E-state index in [1.54, 1.807) is 16.7 Å². The zero-order valence-electron chi connectivity index (χ0n) is 20.4. The smallest absolute Gasteiger partial charge is 0.410 e. The Morgan fingerprint density at radius 2 is 1.71 bits per heavy atom. The van der Waals surface area contributed by atoms with E-state index in [1.165, 1.54) is 0 Å². The number of ether oxygens (including phenoxy) is 1. The van der Waals surface area contributed by atoms with Gasteiger partial charge in [-0.1, -0.05) is 29.4 Å². The second-order valence-electron chi connectivity index (χ2n) is 9.58. The number of anilines is 1. The third kappa shape index (κ3) is 5.70. The van der Waals surface area contributed by atoms with Gasteiger partial charge in [0.2, 0.25) is 0 Å². The zero-order chi connectivity index (χ0) is 25.3. The van der Waals surface area contributed by atoms with Gasteiger partial charge in [0.05, 0.1) is 5.52 Å². The van der Waals surface area contributed by atoms with Crippen LogP contribution in [-0.4, -0.2) is 58.4 Å². The number of rotatable bonds is 5. The van der Waals surface area contributed by atoms with Crippen LogP contribution in [0, 0.1) is 6.92 Å². The van der Waals surface area contributed by atoms with Crippen LogP contribution < -0.4 is 4.90 Å². The van der Waals surface area contributed by atoms with Gasteiger partial charge in [-0.15, -0.1) is 0 Å². The molecule has 0 atom stereocenters. The first-order valence-corrected chi connectivity index (χ1v) is 12.7. The molecule has 1 aromatic heterocycles. The van der Waals surface area contributed by atoms with Crippen LogP contribution in [0.15, 0.2) is 52.3 Å². The number of carboxylic acids is 1. The number of hydrogen-bond donors (Lipinski definition) is 1. The molecule has 1 amide bonds. The Morgan fingerprint density at radius 3 is 2.31 bits per heavy atom. The van der Waals surface area contributed by atoms with Gasteiger partial charge < -0.3 is 24.2 Å². The summed E-state index contributed by atoms with van der Waals surface area (Å²) in [5.41, 5.74) is 2.30. The molecule has 0 unspecified atom stereocenters. The summed E-state index contributed by atoms with van der Waals surface area (Å²) in [6.45, 7) is 9.88. The molecular weight excluding hydrogens is 486 g/mol. The lowest BCUT2D eigenvalue weighted by atomic mass is 10.1. The number of nitrogens with zero attached hydrogens (tertiary/aromatic N) is 3. The molecule has 2 aromatic carbocycles. The van der Waals surface area contributed by atoms with E-state index in [2.05, 4.69) is 11.0 Å². The molecule has 9 heteroatoms. The van der Waals surface area contributed by atoms with Gasteiger partial charge in [-0.3, -0.25) is 4.79 Å². The molecule has 7 nitrogen and oxygen atoms in total. The number of aromatic nitrogens is 1. The first kappa shape index (κ1) is 25.3. The molecule has 2 heterocycles. The molecule has 186 valence electrons. The van der Waals surface area contributed by atoms with Crippen LogP contribution in [-0.2, 0) is 16.1 Å². The Bertz CT molecular complexity index is 1240. The van der Waals surface area contributed by atoms with Crippen molar-refractivity contribution in [2.45, 2.75) is 49.6 Å². The highest BCUT2D eigenvalue weighted by atomic mass is 35.5. The molecule has 4 rings (SSSR count). The molecule has 0 spiro atoms. The van der Waals surface area contributed by atoms with Crippen molar-refractivity contribution in [1.82, 2.24) is 9.47 Å². The van der Waals surface area contributed by atoms with E-state index < -0.39 is 11.6 Å². The van der Waals surface area contributed by atoms with E-state index in [4.69, 9.17) is 16.3 Å². The number of fused-ring (bicyclic) bond motifs is 1. The highest BCUT2D eigenvalue weighted by molar-refractivity contribution is 7.99. The molecule has 0 saturated carbocycles. The Hall–Kier alpha value is -2.84. The van der Waals surface area contributed by atoms with E-state index >= 15 is 0 Å². The number of carboxylic acid groups (broad SMARTS) is 1. The van der Waals surface area contributed by atoms with Gasteiger partial charge >= 0.3 is 12.1 Å². The quantitative estimate of drug-likeness (QED) is 0.456. The molecule has 1 saturated heterocycles. The minimum Gasteiger partial charge on any atom is -0.480 e. The molecule has 1 aliphatic heterocycles. The predicted molar refractivity (Wildman–Crippen MR) is 140 cm³/mol. The topological polar surface area (TPSA) is 75.0 Å². The van der Waals surface area contributed by atoms with Crippen molar-refractivity contribution in [3.05, 3.63) is 53.2 Å². The number of carbonyl (C=O) groups is 2. The summed E-state index contributed by atoms with van der Waals surface area (Å²) in [5, 5.41) is 11.3. The maximum absolute atomic E-state index is 12.5. The number of carbonyl (C=O) groups excluding carboxylic acids is 1. The summed E-state index contributed by atoms with van der Waals surface area (Å²) in [6.07, 6.45) is -0.294. The lowest BCUT2D eigenvalue weighted by Crippen LogP contribution is -2.50. The third-order valence-electron chi connectivity index (χ3n) is 5.87. The SMILES string of the molecule is Cc1c(Sc2ccc(Cl)cc2)c2c(N3CCN(C(=O)OC(C)(C)C)CC3)cccc2n1CC(=O)O. The van der Waals surface area contributed by atoms with Crippen LogP contribution in [0.1, 0.15) is 26.5 Å². The van der Waals surface area contributed by atoms with Gasteiger partial charge in [-0.05, 0) is 64.1 Å². The first-order valence-electron chi connectivity index (χ1n) is 11.5. The van der Waals surface area contributed by atoms with Gasteiger partial charge in [0.15, 0.2) is 0 Å². The average molecular weight is 516 g/mol. The summed E-state index contributed by atoms with van der Waals surface area (Å²) >= 11 is 7.68. The van der Waals surface area contributed by atoms with Crippen molar-refractivity contribution in [3.63, 3.8) is 0 Å². The van der Waals surface area contributed by atoms with Gasteiger partial charge in [0.25, 0.3) is 0 Å². The van der Waals surface area contributed by atoms with Crippen LogP contribution in [0.4, 0.5) is 10.5 Å². The van der Waals surface area contributed by atoms with Crippen molar-refractivity contribution in [2.75, 3.05) is 31.1 Å². The standard InChI is InChI=1S/C26H30ClN3O4S/c1-17-24(35-19-10-8-18(27)9-11-19)23-20(6-5-7-21(23)30(17)16-22(31)32)28-12-14-29(15-13-28)25(33)34-26(2,3)4/h5-11H,12-16H2,1-4H3,(H,31,32). The van der Waals surface area contributed by atoms with E-state index in [9.17, 15) is 14.7 Å². The van der Waals surface area contributed by atoms with E-state index in [0.29, 0.717) is 31.2 Å². The maximum Gasteiger partial charge on any atom is 0.410 e. The van der Waals surface area contributed by atoms with Crippen molar-refractivity contribution >= 4 is 52.0 Å². The highest BCUT2D eigenvalue weighted by Gasteiger charge is 2.28. The lowest BCUT2D eigenvalue weighted by Gasteiger charge is -2.37. The summed E-state index contributed by atoms with van der Waals surface area (Å²) in [7, 11) is 0. The second kappa shape index (κ2) is 10.0. The molecule has 0 radical (unpaired) electrons.